The predicted octanol–water partition coefficient (Wildman–Crippen LogP) is 8.30. The molecule has 39 heavy (non-hydrogen) atoms. The van der Waals surface area contributed by atoms with Gasteiger partial charge in [-0.1, -0.05) is 74.4 Å². The first-order valence-electron chi connectivity index (χ1n) is 13.9. The van der Waals surface area contributed by atoms with Crippen molar-refractivity contribution >= 4 is 23.0 Å². The summed E-state index contributed by atoms with van der Waals surface area (Å²) in [7, 11) is 0. The van der Waals surface area contributed by atoms with Gasteiger partial charge in [0.05, 0.1) is 11.3 Å². The molecule has 2 N–H and O–H groups in total. The Bertz CT molecular complexity index is 1530. The normalized spacial score (nSPS) is 20.3. The van der Waals surface area contributed by atoms with Gasteiger partial charge >= 0.3 is 5.97 Å². The van der Waals surface area contributed by atoms with Crippen LogP contribution in [-0.4, -0.2) is 12.0 Å². The highest BCUT2D eigenvalue weighted by Crippen LogP contribution is 2.59. The van der Waals surface area contributed by atoms with Gasteiger partial charge in [-0.3, -0.25) is 0 Å². The first-order valence-corrected chi connectivity index (χ1v) is 13.9. The van der Waals surface area contributed by atoms with Crippen LogP contribution in [0.25, 0.3) is 0 Å². The Labute approximate surface area is 229 Å². The van der Waals surface area contributed by atoms with Crippen LogP contribution in [0.2, 0.25) is 0 Å². The molecule has 1 aliphatic carbocycles. The van der Waals surface area contributed by atoms with Gasteiger partial charge < -0.3 is 20.1 Å². The van der Waals surface area contributed by atoms with Crippen molar-refractivity contribution in [3.05, 3.63) is 113 Å². The fourth-order valence-electron chi connectivity index (χ4n) is 6.68. The van der Waals surface area contributed by atoms with Crippen molar-refractivity contribution in [1.29, 1.82) is 0 Å². The van der Waals surface area contributed by atoms with Gasteiger partial charge in [-0.2, -0.15) is 0 Å². The smallest absolute Gasteiger partial charge is 0.342 e. The molecule has 0 radical (unpaired) electrons. The summed E-state index contributed by atoms with van der Waals surface area (Å²) in [5.74, 6) is 1.73. The zero-order valence-corrected chi connectivity index (χ0v) is 22.3. The van der Waals surface area contributed by atoms with Crippen LogP contribution < -0.4 is 15.4 Å². The second-order valence-corrected chi connectivity index (χ2v) is 11.1. The van der Waals surface area contributed by atoms with E-state index in [4.69, 9.17) is 9.47 Å². The third-order valence-corrected chi connectivity index (χ3v) is 8.42. The van der Waals surface area contributed by atoms with E-state index in [2.05, 4.69) is 30.5 Å². The number of ether oxygens (including phenoxy) is 2. The Kier molecular flexibility index (Phi) is 5.62. The Morgan fingerprint density at radius 1 is 0.872 bits per heavy atom. The molecule has 2 heterocycles. The molecule has 2 atom stereocenters. The number of rotatable bonds is 4. The molecule has 7 rings (SSSR count). The molecule has 0 aromatic heterocycles. The third kappa shape index (κ3) is 3.79. The molecule has 2 aliphatic heterocycles. The topological polar surface area (TPSA) is 59.6 Å². The summed E-state index contributed by atoms with van der Waals surface area (Å²) in [6.07, 6.45) is 4.65. The number of anilines is 3. The van der Waals surface area contributed by atoms with Crippen molar-refractivity contribution in [3.63, 3.8) is 0 Å². The van der Waals surface area contributed by atoms with Gasteiger partial charge in [0.1, 0.15) is 11.5 Å². The summed E-state index contributed by atoms with van der Waals surface area (Å²) in [5, 5.41) is 7.45. The molecule has 3 aliphatic rings. The molecule has 2 unspecified atom stereocenters. The summed E-state index contributed by atoms with van der Waals surface area (Å²) in [5.41, 5.74) is 5.69. The van der Waals surface area contributed by atoms with Crippen LogP contribution in [0.5, 0.6) is 11.5 Å². The number of para-hydroxylation sites is 3. The summed E-state index contributed by atoms with van der Waals surface area (Å²) in [6, 6.07) is 28.3. The minimum atomic E-state index is -1.14. The highest BCUT2D eigenvalue weighted by Gasteiger charge is 2.56. The monoisotopic (exact) mass is 516 g/mol. The highest BCUT2D eigenvalue weighted by atomic mass is 16.6. The van der Waals surface area contributed by atoms with Crippen LogP contribution >= 0.6 is 0 Å². The standard InChI is InChI=1S/C34H32N2O3/c1-21-11-10-14-24(19-21)35-27-20-22(2)32(36-23-12-4-3-5-13-23)31-30(27)33(37)39-34(31)25-15-6-8-17-28(25)38-29-18-9-7-16-26(29)34/h3-9,12-13,15-18,20-21,24,35-36H,10-11,14,19H2,1-2H3. The quantitative estimate of drug-likeness (QED) is 0.267. The lowest BCUT2D eigenvalue weighted by Crippen LogP contribution is -2.33. The van der Waals surface area contributed by atoms with Crippen LogP contribution in [0.4, 0.5) is 17.1 Å². The molecule has 5 heteroatoms. The number of aryl methyl sites for hydroxylation is 1. The number of fused-ring (bicyclic) bond motifs is 6. The zero-order valence-electron chi connectivity index (χ0n) is 22.3. The Hall–Kier alpha value is -4.25. The molecule has 1 spiro atoms. The van der Waals surface area contributed by atoms with Gasteiger partial charge in [-0.05, 0) is 61.6 Å². The summed E-state index contributed by atoms with van der Waals surface area (Å²) in [6.45, 7) is 4.42. The Balaban J connectivity index is 1.50. The fourth-order valence-corrected chi connectivity index (χ4v) is 6.68. The van der Waals surface area contributed by atoms with E-state index in [1.165, 1.54) is 12.8 Å². The zero-order chi connectivity index (χ0) is 26.6. The third-order valence-electron chi connectivity index (χ3n) is 8.42. The molecule has 0 saturated heterocycles. The SMILES string of the molecule is Cc1cc(NC2CCCC(C)C2)c2c(c1Nc1ccccc1)C1(OC2=O)c2ccccc2Oc2ccccc21. The molecule has 0 bridgehead atoms. The van der Waals surface area contributed by atoms with Crippen molar-refractivity contribution in [2.24, 2.45) is 5.92 Å². The van der Waals surface area contributed by atoms with Crippen molar-refractivity contribution < 1.29 is 14.3 Å². The van der Waals surface area contributed by atoms with E-state index < -0.39 is 5.60 Å². The fraction of sp³-hybridized carbons (Fsp3) is 0.265. The number of benzene rings is 4. The van der Waals surface area contributed by atoms with E-state index >= 15 is 0 Å². The Morgan fingerprint density at radius 3 is 2.23 bits per heavy atom. The van der Waals surface area contributed by atoms with E-state index in [1.807, 2.05) is 78.9 Å². The van der Waals surface area contributed by atoms with Crippen LogP contribution in [0.15, 0.2) is 84.9 Å². The minimum absolute atomic E-state index is 0.320. The summed E-state index contributed by atoms with van der Waals surface area (Å²) in [4.78, 5) is 14.1. The average molecular weight is 517 g/mol. The number of carbonyl (C=O) groups excluding carboxylic acids is 1. The second kappa shape index (κ2) is 9.19. The maximum absolute atomic E-state index is 14.1. The van der Waals surface area contributed by atoms with Crippen molar-refractivity contribution in [2.45, 2.75) is 51.2 Å². The molecule has 1 saturated carbocycles. The summed E-state index contributed by atoms with van der Waals surface area (Å²) >= 11 is 0. The predicted molar refractivity (Wildman–Crippen MR) is 154 cm³/mol. The lowest BCUT2D eigenvalue weighted by Gasteiger charge is -2.37. The molecule has 4 aromatic rings. The molecule has 0 amide bonds. The maximum atomic E-state index is 14.1. The number of nitrogens with one attached hydrogen (secondary N) is 2. The number of carbonyl (C=O) groups is 1. The molecule has 196 valence electrons. The number of hydrogen-bond acceptors (Lipinski definition) is 5. The second-order valence-electron chi connectivity index (χ2n) is 11.1. The van der Waals surface area contributed by atoms with E-state index in [0.717, 1.165) is 52.2 Å². The molecule has 5 nitrogen and oxygen atoms in total. The maximum Gasteiger partial charge on any atom is 0.342 e. The van der Waals surface area contributed by atoms with Gasteiger partial charge in [-0.15, -0.1) is 0 Å². The lowest BCUT2D eigenvalue weighted by atomic mass is 9.76. The van der Waals surface area contributed by atoms with Gasteiger partial charge in [0.15, 0.2) is 5.60 Å². The van der Waals surface area contributed by atoms with Crippen molar-refractivity contribution in [2.75, 3.05) is 10.6 Å². The first kappa shape index (κ1) is 23.8. The van der Waals surface area contributed by atoms with Crippen LogP contribution in [0.1, 0.15) is 65.2 Å². The van der Waals surface area contributed by atoms with Crippen molar-refractivity contribution in [3.8, 4) is 11.5 Å². The molecular weight excluding hydrogens is 484 g/mol. The molecule has 4 aromatic carbocycles. The van der Waals surface area contributed by atoms with Crippen LogP contribution in [0.3, 0.4) is 0 Å². The molecule has 1 fully saturated rings. The van der Waals surface area contributed by atoms with Gasteiger partial charge in [0, 0.05) is 34.1 Å². The summed E-state index contributed by atoms with van der Waals surface area (Å²) < 4.78 is 12.9. The van der Waals surface area contributed by atoms with E-state index in [0.29, 0.717) is 29.0 Å². The van der Waals surface area contributed by atoms with Gasteiger partial charge in [0.2, 0.25) is 0 Å². The van der Waals surface area contributed by atoms with Gasteiger partial charge in [-0.25, -0.2) is 4.79 Å². The number of hydrogen-bond donors (Lipinski definition) is 2. The van der Waals surface area contributed by atoms with E-state index in [9.17, 15) is 4.79 Å². The first-order chi connectivity index (χ1) is 19.0. The lowest BCUT2D eigenvalue weighted by molar-refractivity contribution is 0.0226. The van der Waals surface area contributed by atoms with Crippen molar-refractivity contribution in [1.82, 2.24) is 0 Å². The largest absolute Gasteiger partial charge is 0.456 e. The van der Waals surface area contributed by atoms with E-state index in [1.54, 1.807) is 0 Å². The van der Waals surface area contributed by atoms with Crippen LogP contribution in [-0.2, 0) is 10.3 Å². The van der Waals surface area contributed by atoms with E-state index in [-0.39, 0.29) is 5.97 Å². The highest BCUT2D eigenvalue weighted by molar-refractivity contribution is 6.05. The van der Waals surface area contributed by atoms with Gasteiger partial charge in [0.25, 0.3) is 0 Å². The Morgan fingerprint density at radius 2 is 1.54 bits per heavy atom. The molecular formula is C34H32N2O3. The average Bonchev–Trinajstić information content (AvgIpc) is 3.25. The van der Waals surface area contributed by atoms with Crippen LogP contribution in [0, 0.1) is 12.8 Å². The minimum Gasteiger partial charge on any atom is -0.456 e. The number of esters is 1.